The predicted octanol–water partition coefficient (Wildman–Crippen LogP) is 2.45. The van der Waals surface area contributed by atoms with Gasteiger partial charge in [-0.2, -0.15) is 0 Å². The first kappa shape index (κ1) is 16.3. The third-order valence-corrected chi connectivity index (χ3v) is 6.41. The molecule has 3 N–H and O–H groups in total. The molecule has 0 saturated carbocycles. The number of nitriles is 1. The average molecular weight is 337 g/mol. The second kappa shape index (κ2) is 5.83. The zero-order valence-electron chi connectivity index (χ0n) is 12.7. The van der Waals surface area contributed by atoms with Gasteiger partial charge in [-0.3, -0.25) is 0 Å². The maximum absolute atomic E-state index is 10.9. The van der Waals surface area contributed by atoms with Crippen molar-refractivity contribution in [2.75, 3.05) is 0 Å². The monoisotopic (exact) mass is 337 g/mol. The molecular weight excluding hydrogens is 321 g/mol. The van der Waals surface area contributed by atoms with Crippen molar-refractivity contribution in [1.82, 2.24) is 0 Å². The summed E-state index contributed by atoms with van der Waals surface area (Å²) in [6.07, 6.45) is 0. The van der Waals surface area contributed by atoms with E-state index < -0.39 is 7.28 Å². The van der Waals surface area contributed by atoms with E-state index in [9.17, 15) is 14.7 Å². The Labute approximate surface area is 140 Å². The third kappa shape index (κ3) is 2.82. The zero-order chi connectivity index (χ0) is 17.2. The van der Waals surface area contributed by atoms with Crippen LogP contribution in [0.5, 0.6) is 0 Å². The minimum atomic E-state index is -5.32. The van der Waals surface area contributed by atoms with Crippen molar-refractivity contribution in [2.45, 2.75) is 0 Å². The Morgan fingerprint density at radius 3 is 1.92 bits per heavy atom. The van der Waals surface area contributed by atoms with E-state index in [0.29, 0.717) is 16.7 Å². The van der Waals surface area contributed by atoms with Crippen LogP contribution in [0.25, 0.3) is 11.1 Å². The molecule has 0 amide bonds. The van der Waals surface area contributed by atoms with Gasteiger partial charge >= 0.3 is 139 Å². The van der Waals surface area contributed by atoms with E-state index in [4.69, 9.17) is 5.26 Å². The fourth-order valence-corrected chi connectivity index (χ4v) is 4.64. The molecule has 0 heterocycles. The standard InChI is InChI=1S/C19H16NO3P/c20-14-15-11-12-19(18(13-15)16-7-3-1-4-8-16)24(21,22,23)17-9-5-2-6-10-17/h1-13,21-23H. The first-order valence-electron chi connectivity index (χ1n) is 7.33. The van der Waals surface area contributed by atoms with Crippen molar-refractivity contribution in [2.24, 2.45) is 0 Å². The molecule has 0 fully saturated rings. The van der Waals surface area contributed by atoms with Crippen molar-refractivity contribution < 1.29 is 14.7 Å². The van der Waals surface area contributed by atoms with Crippen LogP contribution in [-0.4, -0.2) is 14.7 Å². The van der Waals surface area contributed by atoms with Crippen LogP contribution in [-0.2, 0) is 0 Å². The van der Waals surface area contributed by atoms with Crippen LogP contribution in [0.3, 0.4) is 0 Å². The van der Waals surface area contributed by atoms with Crippen molar-refractivity contribution in [3.8, 4) is 17.2 Å². The van der Waals surface area contributed by atoms with Gasteiger partial charge in [0.1, 0.15) is 0 Å². The van der Waals surface area contributed by atoms with Gasteiger partial charge in [-0.1, -0.05) is 0 Å². The van der Waals surface area contributed by atoms with E-state index in [-0.39, 0.29) is 10.6 Å². The summed E-state index contributed by atoms with van der Waals surface area (Å²) >= 11 is 0. The quantitative estimate of drug-likeness (QED) is 0.641. The molecule has 24 heavy (non-hydrogen) atoms. The Morgan fingerprint density at radius 2 is 1.33 bits per heavy atom. The summed E-state index contributed by atoms with van der Waals surface area (Å²) in [7, 11) is -5.32. The normalized spacial score (nSPS) is 12.8. The minimum absolute atomic E-state index is 0.0115. The molecule has 0 aromatic heterocycles. The first-order chi connectivity index (χ1) is 11.4. The van der Waals surface area contributed by atoms with E-state index in [1.165, 1.54) is 24.3 Å². The number of rotatable bonds is 3. The summed E-state index contributed by atoms with van der Waals surface area (Å²) in [5.74, 6) is 0. The molecule has 0 atom stereocenters. The predicted molar refractivity (Wildman–Crippen MR) is 95.9 cm³/mol. The molecule has 0 radical (unpaired) electrons. The summed E-state index contributed by atoms with van der Waals surface area (Å²) in [5.41, 5.74) is 1.48. The van der Waals surface area contributed by atoms with Crippen molar-refractivity contribution in [3.05, 3.63) is 84.4 Å². The molecular formula is C19H16NO3P. The van der Waals surface area contributed by atoms with Crippen molar-refractivity contribution in [1.29, 1.82) is 5.26 Å². The third-order valence-electron chi connectivity index (χ3n) is 3.89. The molecule has 120 valence electrons. The molecule has 3 aromatic carbocycles. The molecule has 5 heteroatoms. The van der Waals surface area contributed by atoms with Crippen LogP contribution >= 0.6 is 7.28 Å². The van der Waals surface area contributed by atoms with Crippen LogP contribution in [0, 0.1) is 11.3 Å². The molecule has 3 aromatic rings. The van der Waals surface area contributed by atoms with Gasteiger partial charge in [-0.05, 0) is 0 Å². The van der Waals surface area contributed by atoms with E-state index >= 15 is 0 Å². The molecule has 3 rings (SSSR count). The topological polar surface area (TPSA) is 84.5 Å². The Balaban J connectivity index is 2.31. The SMILES string of the molecule is N#Cc1ccc(P(O)(O)(O)c2ccccc2)c(-c2ccccc2)c1. The first-order valence-corrected chi connectivity index (χ1v) is 9.42. The fourth-order valence-electron chi connectivity index (χ4n) is 2.66. The van der Waals surface area contributed by atoms with Gasteiger partial charge < -0.3 is 0 Å². The molecule has 0 unspecified atom stereocenters. The summed E-state index contributed by atoms with van der Waals surface area (Å²) in [5, 5.41) is 9.22. The van der Waals surface area contributed by atoms with Gasteiger partial charge in [0.15, 0.2) is 0 Å². The van der Waals surface area contributed by atoms with Crippen LogP contribution in [0.4, 0.5) is 0 Å². The second-order valence-corrected chi connectivity index (χ2v) is 8.48. The van der Waals surface area contributed by atoms with Crippen LogP contribution < -0.4 is 10.6 Å². The molecule has 4 nitrogen and oxygen atoms in total. The molecule has 0 aliphatic rings. The Bertz CT molecular complexity index is 910. The number of benzene rings is 3. The van der Waals surface area contributed by atoms with Gasteiger partial charge in [0, 0.05) is 0 Å². The van der Waals surface area contributed by atoms with Crippen LogP contribution in [0.1, 0.15) is 5.56 Å². The summed E-state index contributed by atoms with van der Waals surface area (Å²) < 4.78 is 0. The summed E-state index contributed by atoms with van der Waals surface area (Å²) in [6, 6.07) is 23.4. The van der Waals surface area contributed by atoms with Gasteiger partial charge in [-0.25, -0.2) is 0 Å². The molecule has 0 aliphatic carbocycles. The molecule has 0 spiro atoms. The van der Waals surface area contributed by atoms with Crippen LogP contribution in [0.15, 0.2) is 78.9 Å². The van der Waals surface area contributed by atoms with Crippen molar-refractivity contribution >= 4 is 17.9 Å². The van der Waals surface area contributed by atoms with E-state index in [0.717, 1.165) is 0 Å². The molecule has 0 aliphatic heterocycles. The second-order valence-electron chi connectivity index (χ2n) is 5.53. The molecule has 0 bridgehead atoms. The molecule has 0 saturated heterocycles. The fraction of sp³-hybridized carbons (Fsp3) is 0. The van der Waals surface area contributed by atoms with Crippen molar-refractivity contribution in [3.63, 3.8) is 0 Å². The van der Waals surface area contributed by atoms with Gasteiger partial charge in [0.2, 0.25) is 0 Å². The van der Waals surface area contributed by atoms with E-state index in [1.54, 1.807) is 36.4 Å². The number of nitrogens with zero attached hydrogens (tertiary/aromatic N) is 1. The van der Waals surface area contributed by atoms with Crippen LogP contribution in [0.2, 0.25) is 0 Å². The maximum atomic E-state index is 10.9. The van der Waals surface area contributed by atoms with E-state index in [2.05, 4.69) is 0 Å². The van der Waals surface area contributed by atoms with E-state index in [1.807, 2.05) is 24.3 Å². The van der Waals surface area contributed by atoms with Gasteiger partial charge in [0.25, 0.3) is 0 Å². The van der Waals surface area contributed by atoms with Gasteiger partial charge in [0.05, 0.1) is 0 Å². The Hall–Kier alpha value is -2.54. The zero-order valence-corrected chi connectivity index (χ0v) is 13.6. The number of hydrogen-bond acceptors (Lipinski definition) is 4. The van der Waals surface area contributed by atoms with Gasteiger partial charge in [-0.15, -0.1) is 0 Å². The Morgan fingerprint density at radius 1 is 0.750 bits per heavy atom. The number of hydrogen-bond donors (Lipinski definition) is 3. The summed E-state index contributed by atoms with van der Waals surface area (Å²) in [4.78, 5) is 32.7. The average Bonchev–Trinajstić information content (AvgIpc) is 2.62. The Kier molecular flexibility index (Phi) is 3.96. The summed E-state index contributed by atoms with van der Waals surface area (Å²) in [6.45, 7) is 0.